The second-order valence-corrected chi connectivity index (χ2v) is 3.31. The van der Waals surface area contributed by atoms with Gasteiger partial charge < -0.3 is 11.1 Å². The zero-order chi connectivity index (χ0) is 10.4. The number of nitrogens with one attached hydrogen (secondary N) is 1. The highest BCUT2D eigenvalue weighted by molar-refractivity contribution is 5.82. The van der Waals surface area contributed by atoms with Crippen LogP contribution in [0.3, 0.4) is 0 Å². The fourth-order valence-corrected chi connectivity index (χ4v) is 0.864. The van der Waals surface area contributed by atoms with E-state index in [1.54, 1.807) is 6.92 Å². The summed E-state index contributed by atoms with van der Waals surface area (Å²) in [5.74, 6) is 2.44. The Kier molecular flexibility index (Phi) is 5.17. The van der Waals surface area contributed by atoms with Crippen LogP contribution in [-0.2, 0) is 4.79 Å². The molecule has 0 aliphatic rings. The summed E-state index contributed by atoms with van der Waals surface area (Å²) in [5.41, 5.74) is 5.69. The van der Waals surface area contributed by atoms with Gasteiger partial charge in [0.2, 0.25) is 5.91 Å². The molecule has 1 amide bonds. The van der Waals surface area contributed by atoms with Gasteiger partial charge in [-0.2, -0.15) is 0 Å². The van der Waals surface area contributed by atoms with E-state index in [1.165, 1.54) is 0 Å². The van der Waals surface area contributed by atoms with E-state index in [4.69, 9.17) is 12.2 Å². The molecule has 0 radical (unpaired) electrons. The molecule has 0 aliphatic carbocycles. The molecule has 0 saturated carbocycles. The van der Waals surface area contributed by atoms with Gasteiger partial charge in [0.25, 0.3) is 0 Å². The largest absolute Gasteiger partial charge is 0.341 e. The molecule has 13 heavy (non-hydrogen) atoms. The topological polar surface area (TPSA) is 55.1 Å². The molecule has 0 bridgehead atoms. The highest BCUT2D eigenvalue weighted by atomic mass is 16.2. The quantitative estimate of drug-likeness (QED) is 0.622. The number of carbonyl (C=O) groups excluding carboxylic acids is 1. The molecular formula is C10H18N2O. The van der Waals surface area contributed by atoms with Crippen molar-refractivity contribution in [3.05, 3.63) is 0 Å². The van der Waals surface area contributed by atoms with Gasteiger partial charge in [0.15, 0.2) is 0 Å². The van der Waals surface area contributed by atoms with Crippen molar-refractivity contribution < 1.29 is 4.79 Å². The Bertz CT molecular complexity index is 207. The second-order valence-electron chi connectivity index (χ2n) is 3.31. The van der Waals surface area contributed by atoms with Crippen molar-refractivity contribution in [2.24, 2.45) is 11.7 Å². The summed E-state index contributed by atoms with van der Waals surface area (Å²) in [6, 6.07) is -0.705. The maximum atomic E-state index is 11.4. The second kappa shape index (κ2) is 5.60. The molecule has 3 atom stereocenters. The van der Waals surface area contributed by atoms with E-state index in [1.807, 2.05) is 13.8 Å². The van der Waals surface area contributed by atoms with E-state index in [-0.39, 0.29) is 17.9 Å². The Morgan fingerprint density at radius 1 is 1.62 bits per heavy atom. The third-order valence-corrected chi connectivity index (χ3v) is 2.17. The van der Waals surface area contributed by atoms with Crippen LogP contribution in [0.4, 0.5) is 0 Å². The van der Waals surface area contributed by atoms with E-state index in [0.29, 0.717) is 0 Å². The predicted octanol–water partition coefficient (Wildman–Crippen LogP) is 0.498. The van der Waals surface area contributed by atoms with Crippen molar-refractivity contribution in [1.29, 1.82) is 0 Å². The van der Waals surface area contributed by atoms with Crippen LogP contribution in [-0.4, -0.2) is 18.0 Å². The molecule has 0 saturated heterocycles. The number of carbonyl (C=O) groups is 1. The van der Waals surface area contributed by atoms with E-state index < -0.39 is 6.04 Å². The summed E-state index contributed by atoms with van der Waals surface area (Å²) < 4.78 is 0. The highest BCUT2D eigenvalue weighted by Crippen LogP contribution is 2.05. The predicted molar refractivity (Wildman–Crippen MR) is 53.9 cm³/mol. The van der Waals surface area contributed by atoms with Crippen LogP contribution in [0.2, 0.25) is 0 Å². The van der Waals surface area contributed by atoms with Crippen LogP contribution < -0.4 is 11.1 Å². The van der Waals surface area contributed by atoms with Gasteiger partial charge in [-0.15, -0.1) is 6.42 Å². The molecule has 74 valence electrons. The van der Waals surface area contributed by atoms with Gasteiger partial charge in [-0.25, -0.2) is 0 Å². The van der Waals surface area contributed by atoms with E-state index in [0.717, 1.165) is 6.42 Å². The van der Waals surface area contributed by atoms with E-state index >= 15 is 0 Å². The Labute approximate surface area is 80.1 Å². The van der Waals surface area contributed by atoms with Crippen molar-refractivity contribution >= 4 is 5.91 Å². The Morgan fingerprint density at radius 2 is 2.15 bits per heavy atom. The van der Waals surface area contributed by atoms with Crippen molar-refractivity contribution in [1.82, 2.24) is 5.32 Å². The molecule has 1 unspecified atom stereocenters. The van der Waals surface area contributed by atoms with Gasteiger partial charge in [0.05, 0.1) is 12.1 Å². The minimum atomic E-state index is -0.458. The van der Waals surface area contributed by atoms with Crippen molar-refractivity contribution in [3.63, 3.8) is 0 Å². The lowest BCUT2D eigenvalue weighted by Gasteiger charge is -2.18. The lowest BCUT2D eigenvalue weighted by atomic mass is 9.99. The van der Waals surface area contributed by atoms with Gasteiger partial charge in [0, 0.05) is 0 Å². The fourth-order valence-electron chi connectivity index (χ4n) is 0.864. The maximum absolute atomic E-state index is 11.4. The summed E-state index contributed by atoms with van der Waals surface area (Å²) in [4.78, 5) is 11.4. The van der Waals surface area contributed by atoms with Crippen LogP contribution in [0.5, 0.6) is 0 Å². The Morgan fingerprint density at radius 3 is 2.54 bits per heavy atom. The zero-order valence-electron chi connectivity index (χ0n) is 8.50. The standard InChI is InChI=1S/C10H18N2O/c1-5-7(3)9(11)10(13)12-8(4)6-2/h2,7-9H,5,11H2,1,3-4H3,(H,12,13)/t7-,8?,9-/m0/s1. The third-order valence-electron chi connectivity index (χ3n) is 2.17. The average molecular weight is 182 g/mol. The number of hydrogen-bond acceptors (Lipinski definition) is 2. The minimum absolute atomic E-state index is 0.167. The van der Waals surface area contributed by atoms with Crippen LogP contribution >= 0.6 is 0 Å². The summed E-state index contributed by atoms with van der Waals surface area (Å²) in [7, 11) is 0. The Hall–Kier alpha value is -1.01. The zero-order valence-corrected chi connectivity index (χ0v) is 8.50. The lowest BCUT2D eigenvalue weighted by molar-refractivity contribution is -0.123. The smallest absolute Gasteiger partial charge is 0.238 e. The molecule has 3 N–H and O–H groups in total. The highest BCUT2D eigenvalue weighted by Gasteiger charge is 2.19. The number of rotatable bonds is 4. The van der Waals surface area contributed by atoms with Gasteiger partial charge >= 0.3 is 0 Å². The molecule has 0 heterocycles. The molecule has 3 heteroatoms. The van der Waals surface area contributed by atoms with Crippen LogP contribution in [0, 0.1) is 18.3 Å². The van der Waals surface area contributed by atoms with Gasteiger partial charge in [-0.05, 0) is 12.8 Å². The number of terminal acetylenes is 1. The molecule has 0 fully saturated rings. The minimum Gasteiger partial charge on any atom is -0.341 e. The van der Waals surface area contributed by atoms with Crippen molar-refractivity contribution in [2.75, 3.05) is 0 Å². The summed E-state index contributed by atoms with van der Waals surface area (Å²) in [5, 5.41) is 2.64. The average Bonchev–Trinajstić information content (AvgIpc) is 2.14. The SMILES string of the molecule is C#CC(C)NC(=O)[C@@H](N)[C@@H](C)CC. The molecular weight excluding hydrogens is 164 g/mol. The molecule has 0 aliphatic heterocycles. The third kappa shape index (κ3) is 3.95. The molecule has 3 nitrogen and oxygen atoms in total. The summed E-state index contributed by atoms with van der Waals surface area (Å²) in [6.07, 6.45) is 6.01. The van der Waals surface area contributed by atoms with E-state index in [9.17, 15) is 4.79 Å². The van der Waals surface area contributed by atoms with Crippen LogP contribution in [0.15, 0.2) is 0 Å². The first-order valence-corrected chi connectivity index (χ1v) is 4.55. The van der Waals surface area contributed by atoms with Gasteiger partial charge in [-0.3, -0.25) is 4.79 Å². The molecule has 0 aromatic carbocycles. The first kappa shape index (κ1) is 12.0. The summed E-state index contributed by atoms with van der Waals surface area (Å²) in [6.45, 7) is 5.70. The van der Waals surface area contributed by atoms with Gasteiger partial charge in [-0.1, -0.05) is 26.2 Å². The van der Waals surface area contributed by atoms with Crippen molar-refractivity contribution in [3.8, 4) is 12.3 Å². The maximum Gasteiger partial charge on any atom is 0.238 e. The number of hydrogen-bond donors (Lipinski definition) is 2. The molecule has 0 rings (SSSR count). The summed E-state index contributed by atoms with van der Waals surface area (Å²) >= 11 is 0. The number of nitrogens with two attached hydrogens (primary N) is 1. The molecule has 0 spiro atoms. The van der Waals surface area contributed by atoms with E-state index in [2.05, 4.69) is 11.2 Å². The van der Waals surface area contributed by atoms with Crippen molar-refractivity contribution in [2.45, 2.75) is 39.3 Å². The van der Waals surface area contributed by atoms with Crippen LogP contribution in [0.1, 0.15) is 27.2 Å². The Balaban J connectivity index is 4.05. The molecule has 0 aromatic rings. The fraction of sp³-hybridized carbons (Fsp3) is 0.700. The monoisotopic (exact) mass is 182 g/mol. The first-order valence-electron chi connectivity index (χ1n) is 4.55. The number of amides is 1. The lowest BCUT2D eigenvalue weighted by Crippen LogP contribution is -2.47. The van der Waals surface area contributed by atoms with Crippen LogP contribution in [0.25, 0.3) is 0 Å². The normalized spacial score (nSPS) is 16.8. The molecule has 0 aromatic heterocycles. The first-order chi connectivity index (χ1) is 6.02. The van der Waals surface area contributed by atoms with Gasteiger partial charge in [0.1, 0.15) is 0 Å².